The Labute approximate surface area is 187 Å². The first-order valence-corrected chi connectivity index (χ1v) is 10.8. The van der Waals surface area contributed by atoms with E-state index in [1.165, 1.54) is 12.1 Å². The minimum absolute atomic E-state index is 0.170. The smallest absolute Gasteiger partial charge is 0.238 e. The van der Waals surface area contributed by atoms with Gasteiger partial charge in [0.15, 0.2) is 11.6 Å². The Bertz CT molecular complexity index is 965. The van der Waals surface area contributed by atoms with Crippen molar-refractivity contribution in [2.24, 2.45) is 0 Å². The number of ketones is 2. The SMILES string of the molecule is CCCNCC(=O)Nc1ccc2c(c1)C(=O)c1ccc(NC(=O)CNCCC)cc1C2=O. The number of carbonyl (C=O) groups excluding carboxylic acids is 4. The van der Waals surface area contributed by atoms with E-state index in [-0.39, 0.29) is 58.7 Å². The Morgan fingerprint density at radius 2 is 1.06 bits per heavy atom. The van der Waals surface area contributed by atoms with Crippen LogP contribution >= 0.6 is 0 Å². The average molecular weight is 437 g/mol. The molecule has 0 radical (unpaired) electrons. The molecule has 32 heavy (non-hydrogen) atoms. The van der Waals surface area contributed by atoms with Crippen LogP contribution in [0.1, 0.15) is 58.5 Å². The zero-order valence-electron chi connectivity index (χ0n) is 18.3. The van der Waals surface area contributed by atoms with Crippen LogP contribution in [-0.4, -0.2) is 49.6 Å². The summed E-state index contributed by atoms with van der Waals surface area (Å²) in [6.45, 7) is 5.83. The van der Waals surface area contributed by atoms with Gasteiger partial charge in [0.1, 0.15) is 0 Å². The lowest BCUT2D eigenvalue weighted by atomic mass is 9.83. The van der Waals surface area contributed by atoms with Crippen LogP contribution in [0.15, 0.2) is 36.4 Å². The zero-order valence-corrected chi connectivity index (χ0v) is 18.3. The molecule has 0 bridgehead atoms. The third-order valence-electron chi connectivity index (χ3n) is 5.01. The highest BCUT2D eigenvalue weighted by atomic mass is 16.2. The molecule has 8 nitrogen and oxygen atoms in total. The van der Waals surface area contributed by atoms with Crippen molar-refractivity contribution in [3.8, 4) is 0 Å². The van der Waals surface area contributed by atoms with Gasteiger partial charge in [0.25, 0.3) is 0 Å². The molecule has 0 heterocycles. The fourth-order valence-electron chi connectivity index (χ4n) is 3.47. The predicted molar refractivity (Wildman–Crippen MR) is 123 cm³/mol. The maximum absolute atomic E-state index is 13.0. The number of hydrogen-bond acceptors (Lipinski definition) is 6. The molecule has 3 rings (SSSR count). The number of benzene rings is 2. The Morgan fingerprint density at radius 3 is 1.44 bits per heavy atom. The highest BCUT2D eigenvalue weighted by molar-refractivity contribution is 6.29. The molecule has 0 fully saturated rings. The van der Waals surface area contributed by atoms with Crippen LogP contribution in [0, 0.1) is 0 Å². The van der Waals surface area contributed by atoms with Gasteiger partial charge in [-0.2, -0.15) is 0 Å². The first-order valence-electron chi connectivity index (χ1n) is 10.8. The molecule has 2 aromatic rings. The molecule has 0 unspecified atom stereocenters. The molecule has 0 saturated heterocycles. The molecule has 1 aliphatic carbocycles. The second-order valence-electron chi connectivity index (χ2n) is 7.63. The van der Waals surface area contributed by atoms with Crippen molar-refractivity contribution in [3.63, 3.8) is 0 Å². The molecule has 2 aromatic carbocycles. The van der Waals surface area contributed by atoms with Crippen molar-refractivity contribution in [3.05, 3.63) is 58.7 Å². The van der Waals surface area contributed by atoms with E-state index in [1.807, 2.05) is 13.8 Å². The van der Waals surface area contributed by atoms with Gasteiger partial charge in [-0.25, -0.2) is 0 Å². The van der Waals surface area contributed by atoms with E-state index >= 15 is 0 Å². The summed E-state index contributed by atoms with van der Waals surface area (Å²) in [7, 11) is 0. The molecule has 0 aromatic heterocycles. The average Bonchev–Trinajstić information content (AvgIpc) is 2.78. The topological polar surface area (TPSA) is 116 Å². The van der Waals surface area contributed by atoms with E-state index in [4.69, 9.17) is 0 Å². The molecule has 4 N–H and O–H groups in total. The summed E-state index contributed by atoms with van der Waals surface area (Å²) in [4.78, 5) is 50.2. The predicted octanol–water partition coefficient (Wildman–Crippen LogP) is 2.34. The molecule has 2 amide bonds. The van der Waals surface area contributed by atoms with Gasteiger partial charge in [-0.3, -0.25) is 19.2 Å². The van der Waals surface area contributed by atoms with Crippen LogP contribution in [0.3, 0.4) is 0 Å². The van der Waals surface area contributed by atoms with E-state index in [0.29, 0.717) is 11.4 Å². The van der Waals surface area contributed by atoms with Gasteiger partial charge >= 0.3 is 0 Å². The monoisotopic (exact) mass is 436 g/mol. The number of nitrogens with one attached hydrogen (secondary N) is 4. The van der Waals surface area contributed by atoms with E-state index in [9.17, 15) is 19.2 Å². The third-order valence-corrected chi connectivity index (χ3v) is 5.01. The van der Waals surface area contributed by atoms with Gasteiger partial charge in [0.05, 0.1) is 13.1 Å². The van der Waals surface area contributed by atoms with Crippen LogP contribution < -0.4 is 21.3 Å². The number of rotatable bonds is 10. The summed E-state index contributed by atoms with van der Waals surface area (Å²) >= 11 is 0. The van der Waals surface area contributed by atoms with Crippen molar-refractivity contribution in [1.82, 2.24) is 10.6 Å². The Balaban J connectivity index is 1.76. The third kappa shape index (κ3) is 5.46. The van der Waals surface area contributed by atoms with Crippen LogP contribution in [0.4, 0.5) is 11.4 Å². The van der Waals surface area contributed by atoms with Gasteiger partial charge in [-0.05, 0) is 62.3 Å². The van der Waals surface area contributed by atoms with Crippen LogP contribution in [0.2, 0.25) is 0 Å². The summed E-state index contributed by atoms with van der Waals surface area (Å²) in [5, 5.41) is 11.5. The van der Waals surface area contributed by atoms with E-state index < -0.39 is 0 Å². The highest BCUT2D eigenvalue weighted by Crippen LogP contribution is 2.30. The molecule has 0 aliphatic heterocycles. The van der Waals surface area contributed by atoms with E-state index in [2.05, 4.69) is 21.3 Å². The highest BCUT2D eigenvalue weighted by Gasteiger charge is 2.30. The second-order valence-corrected chi connectivity index (χ2v) is 7.63. The van der Waals surface area contributed by atoms with Gasteiger partial charge in [0.2, 0.25) is 11.8 Å². The summed E-state index contributed by atoms with van der Waals surface area (Å²) < 4.78 is 0. The molecule has 168 valence electrons. The number of carbonyl (C=O) groups is 4. The lowest BCUT2D eigenvalue weighted by molar-refractivity contribution is -0.116. The Kier molecular flexibility index (Phi) is 7.86. The summed E-state index contributed by atoms with van der Waals surface area (Å²) in [5.74, 6) is -1.03. The van der Waals surface area contributed by atoms with Crippen molar-refractivity contribution >= 4 is 34.8 Å². The maximum Gasteiger partial charge on any atom is 0.238 e. The molecule has 1 aliphatic rings. The summed E-state index contributed by atoms with van der Waals surface area (Å²) in [6, 6.07) is 9.38. The fourth-order valence-corrected chi connectivity index (χ4v) is 3.47. The van der Waals surface area contributed by atoms with Crippen LogP contribution in [0.25, 0.3) is 0 Å². The normalized spacial score (nSPS) is 12.2. The van der Waals surface area contributed by atoms with Gasteiger partial charge in [-0.1, -0.05) is 13.8 Å². The lowest BCUT2D eigenvalue weighted by Crippen LogP contribution is -2.29. The first kappa shape index (κ1) is 23.3. The fraction of sp³-hybridized carbons (Fsp3) is 0.333. The zero-order chi connectivity index (χ0) is 23.1. The van der Waals surface area contributed by atoms with Crippen LogP contribution in [0.5, 0.6) is 0 Å². The first-order chi connectivity index (χ1) is 15.4. The number of hydrogen-bond donors (Lipinski definition) is 4. The molecule has 0 spiro atoms. The van der Waals surface area contributed by atoms with Crippen molar-refractivity contribution in [2.75, 3.05) is 36.8 Å². The van der Waals surface area contributed by atoms with Gasteiger partial charge in [-0.15, -0.1) is 0 Å². The quantitative estimate of drug-likeness (QED) is 0.363. The number of fused-ring (bicyclic) bond motifs is 2. The Morgan fingerprint density at radius 1 is 0.656 bits per heavy atom. The number of amides is 2. The molecule has 8 heteroatoms. The molecule has 0 atom stereocenters. The van der Waals surface area contributed by atoms with Crippen molar-refractivity contribution in [2.45, 2.75) is 26.7 Å². The maximum atomic E-state index is 13.0. The van der Waals surface area contributed by atoms with Gasteiger partial charge < -0.3 is 21.3 Å². The van der Waals surface area contributed by atoms with E-state index in [0.717, 1.165) is 25.9 Å². The second kappa shape index (κ2) is 10.8. The van der Waals surface area contributed by atoms with Crippen molar-refractivity contribution in [1.29, 1.82) is 0 Å². The molecular formula is C24H28N4O4. The lowest BCUT2D eigenvalue weighted by Gasteiger charge is -2.19. The Hall–Kier alpha value is -3.36. The van der Waals surface area contributed by atoms with Crippen molar-refractivity contribution < 1.29 is 19.2 Å². The van der Waals surface area contributed by atoms with Gasteiger partial charge in [0, 0.05) is 33.6 Å². The standard InChI is InChI=1S/C24H28N4O4/c1-3-9-25-13-21(29)27-15-5-7-17-19(11-15)23(31)18-8-6-16(12-20(18)24(17)32)28-22(30)14-26-10-4-2/h5-8,11-12,25-26H,3-4,9-10,13-14H2,1-2H3,(H,27,29)(H,28,30). The van der Waals surface area contributed by atoms with Crippen LogP contribution in [-0.2, 0) is 9.59 Å². The number of anilines is 2. The summed E-state index contributed by atoms with van der Waals surface area (Å²) in [6.07, 6.45) is 1.84. The van der Waals surface area contributed by atoms with E-state index in [1.54, 1.807) is 24.3 Å². The minimum Gasteiger partial charge on any atom is -0.325 e. The minimum atomic E-state index is -0.294. The largest absolute Gasteiger partial charge is 0.325 e. The molecular weight excluding hydrogens is 408 g/mol. The summed E-state index contributed by atoms with van der Waals surface area (Å²) in [5.41, 5.74) is 1.97. The molecule has 0 saturated carbocycles.